The normalized spacial score (nSPS) is 13.0. The molecule has 0 aliphatic heterocycles. The van der Waals surface area contributed by atoms with Gasteiger partial charge in [-0.3, -0.25) is 4.79 Å². The fraction of sp³-hybridized carbons (Fsp3) is 0.458. The molecule has 1 rings (SSSR count). The summed E-state index contributed by atoms with van der Waals surface area (Å²) in [5.41, 5.74) is -0.146. The van der Waals surface area contributed by atoms with Gasteiger partial charge in [0.1, 0.15) is 22.8 Å². The van der Waals surface area contributed by atoms with Crippen molar-refractivity contribution in [2.24, 2.45) is 0 Å². The smallest absolute Gasteiger partial charge is 0.170 e. The standard InChI is InChI=1S/C24H34O5/c1-2-3-4-5-6-8-11-14-19(25)15-12-9-7-10-13-16-21(27)24-22(28)17-20(26)18-23(24)29/h6,8-9,11-12,14,17-19,25-26,28-29H,2-5,7,10,13,15-16H2,1H3/b8-6-,12-9-,14-11+/t19-/m0/s1. The molecule has 160 valence electrons. The number of carbonyl (C=O) groups is 1. The molecule has 5 nitrogen and oxygen atoms in total. The molecule has 0 aliphatic carbocycles. The Kier molecular flexibility index (Phi) is 12.2. The van der Waals surface area contributed by atoms with Crippen LogP contribution in [0.4, 0.5) is 0 Å². The first-order valence-corrected chi connectivity index (χ1v) is 10.4. The lowest BCUT2D eigenvalue weighted by Crippen LogP contribution is -2.00. The molecule has 4 N–H and O–H groups in total. The zero-order valence-electron chi connectivity index (χ0n) is 17.3. The molecule has 0 saturated carbocycles. The highest BCUT2D eigenvalue weighted by atomic mass is 16.3. The SMILES string of the molecule is CCCCC/C=C\C=C\[C@H](O)C/C=C\CCCCC(=O)c1c(O)cc(O)cc1O. The van der Waals surface area contributed by atoms with Gasteiger partial charge < -0.3 is 20.4 Å². The predicted molar refractivity (Wildman–Crippen MR) is 116 cm³/mol. The van der Waals surface area contributed by atoms with E-state index < -0.39 is 17.6 Å². The summed E-state index contributed by atoms with van der Waals surface area (Å²) >= 11 is 0. The molecule has 1 atom stereocenters. The van der Waals surface area contributed by atoms with Crippen molar-refractivity contribution >= 4 is 5.78 Å². The molecule has 0 bridgehead atoms. The molecule has 0 radical (unpaired) electrons. The number of aliphatic hydroxyl groups is 1. The minimum atomic E-state index is -0.506. The molecule has 0 aromatic heterocycles. The number of rotatable bonds is 14. The van der Waals surface area contributed by atoms with Crippen LogP contribution in [0.15, 0.2) is 48.6 Å². The summed E-state index contributed by atoms with van der Waals surface area (Å²) in [6.45, 7) is 2.18. The third kappa shape index (κ3) is 10.5. The lowest BCUT2D eigenvalue weighted by Gasteiger charge is -2.07. The minimum absolute atomic E-state index is 0.146. The molecule has 0 spiro atoms. The van der Waals surface area contributed by atoms with Gasteiger partial charge in [-0.1, -0.05) is 56.2 Å². The summed E-state index contributed by atoms with van der Waals surface area (Å²) in [5, 5.41) is 38.6. The van der Waals surface area contributed by atoms with Crippen LogP contribution in [0.5, 0.6) is 17.2 Å². The number of allylic oxidation sites excluding steroid dienone is 4. The number of hydrogen-bond donors (Lipinski definition) is 4. The van der Waals surface area contributed by atoms with Crippen LogP contribution in [0, 0.1) is 0 Å². The van der Waals surface area contributed by atoms with Crippen molar-refractivity contribution in [2.45, 2.75) is 70.8 Å². The summed E-state index contributed by atoms with van der Waals surface area (Å²) < 4.78 is 0. The molecule has 29 heavy (non-hydrogen) atoms. The number of carbonyl (C=O) groups excluding carboxylic acids is 1. The van der Waals surface area contributed by atoms with Crippen molar-refractivity contribution in [2.75, 3.05) is 0 Å². The van der Waals surface area contributed by atoms with E-state index in [-0.39, 0.29) is 23.5 Å². The first-order valence-electron chi connectivity index (χ1n) is 10.4. The van der Waals surface area contributed by atoms with E-state index in [0.29, 0.717) is 12.8 Å². The van der Waals surface area contributed by atoms with Crippen molar-refractivity contribution in [3.8, 4) is 17.2 Å². The van der Waals surface area contributed by atoms with Crippen LogP contribution in [0.3, 0.4) is 0 Å². The Labute approximate surface area is 173 Å². The first kappa shape index (κ1) is 24.5. The van der Waals surface area contributed by atoms with E-state index in [4.69, 9.17) is 0 Å². The van der Waals surface area contributed by atoms with Gasteiger partial charge in [0.05, 0.1) is 6.10 Å². The molecule has 1 aromatic rings. The lowest BCUT2D eigenvalue weighted by atomic mass is 10.0. The molecule has 0 heterocycles. The predicted octanol–water partition coefficient (Wildman–Crippen LogP) is 5.55. The summed E-state index contributed by atoms with van der Waals surface area (Å²) in [7, 11) is 0. The fourth-order valence-electron chi connectivity index (χ4n) is 2.87. The fourth-order valence-corrected chi connectivity index (χ4v) is 2.87. The number of ketones is 1. The highest BCUT2D eigenvalue weighted by Gasteiger charge is 2.17. The number of phenolic OH excluding ortho intramolecular Hbond substituents is 3. The third-order valence-corrected chi connectivity index (χ3v) is 4.48. The summed E-state index contributed by atoms with van der Waals surface area (Å²) in [5.74, 6) is -1.47. The van der Waals surface area contributed by atoms with Gasteiger partial charge >= 0.3 is 0 Å². The van der Waals surface area contributed by atoms with Crippen molar-refractivity contribution in [3.05, 3.63) is 54.2 Å². The number of aliphatic hydroxyl groups excluding tert-OH is 1. The average Bonchev–Trinajstić information content (AvgIpc) is 2.65. The van der Waals surface area contributed by atoms with Gasteiger partial charge in [-0.05, 0) is 38.5 Å². The summed E-state index contributed by atoms with van der Waals surface area (Å²) in [6, 6.07) is 2.08. The van der Waals surface area contributed by atoms with Crippen molar-refractivity contribution in [3.63, 3.8) is 0 Å². The lowest BCUT2D eigenvalue weighted by molar-refractivity contribution is 0.0974. The van der Waals surface area contributed by atoms with Crippen LogP contribution < -0.4 is 0 Å². The summed E-state index contributed by atoms with van der Waals surface area (Å²) in [6.07, 6.45) is 18.8. The number of benzene rings is 1. The second kappa shape index (κ2) is 14.5. The van der Waals surface area contributed by atoms with Gasteiger partial charge in [-0.15, -0.1) is 0 Å². The third-order valence-electron chi connectivity index (χ3n) is 4.48. The molecule has 0 unspecified atom stereocenters. The van der Waals surface area contributed by atoms with Crippen LogP contribution in [0.1, 0.15) is 75.1 Å². The molecule has 5 heteroatoms. The topological polar surface area (TPSA) is 98.0 Å². The van der Waals surface area contributed by atoms with Gasteiger partial charge in [0.2, 0.25) is 0 Å². The van der Waals surface area contributed by atoms with Crippen LogP contribution in [0.2, 0.25) is 0 Å². The monoisotopic (exact) mass is 402 g/mol. The molecular formula is C24H34O5. The molecule has 0 fully saturated rings. The molecule has 0 saturated heterocycles. The van der Waals surface area contributed by atoms with Gasteiger partial charge in [0, 0.05) is 18.6 Å². The molecule has 0 amide bonds. The Bertz CT molecular complexity index is 680. The van der Waals surface area contributed by atoms with E-state index >= 15 is 0 Å². The van der Waals surface area contributed by atoms with E-state index in [1.807, 2.05) is 24.3 Å². The Morgan fingerprint density at radius 1 is 0.931 bits per heavy atom. The number of aromatic hydroxyl groups is 3. The van der Waals surface area contributed by atoms with Crippen LogP contribution >= 0.6 is 0 Å². The summed E-state index contributed by atoms with van der Waals surface area (Å²) in [4.78, 5) is 12.1. The van der Waals surface area contributed by atoms with E-state index in [2.05, 4.69) is 13.0 Å². The van der Waals surface area contributed by atoms with Crippen LogP contribution in [0.25, 0.3) is 0 Å². The zero-order valence-corrected chi connectivity index (χ0v) is 17.3. The van der Waals surface area contributed by atoms with E-state index in [1.165, 1.54) is 19.3 Å². The molecular weight excluding hydrogens is 368 g/mol. The highest BCUT2D eigenvalue weighted by molar-refractivity contribution is 6.01. The highest BCUT2D eigenvalue weighted by Crippen LogP contribution is 2.33. The Hall–Kier alpha value is -2.53. The maximum absolute atomic E-state index is 12.1. The van der Waals surface area contributed by atoms with Crippen LogP contribution in [-0.4, -0.2) is 32.3 Å². The van der Waals surface area contributed by atoms with Gasteiger partial charge in [-0.25, -0.2) is 0 Å². The zero-order chi connectivity index (χ0) is 21.5. The van der Waals surface area contributed by atoms with Crippen molar-refractivity contribution in [1.82, 2.24) is 0 Å². The molecule has 1 aromatic carbocycles. The number of phenols is 3. The van der Waals surface area contributed by atoms with Crippen molar-refractivity contribution < 1.29 is 25.2 Å². The van der Waals surface area contributed by atoms with E-state index in [1.54, 1.807) is 6.08 Å². The van der Waals surface area contributed by atoms with E-state index in [0.717, 1.165) is 31.4 Å². The first-order chi connectivity index (χ1) is 14.0. The van der Waals surface area contributed by atoms with Gasteiger partial charge in [0.15, 0.2) is 5.78 Å². The maximum atomic E-state index is 12.1. The van der Waals surface area contributed by atoms with Crippen LogP contribution in [-0.2, 0) is 0 Å². The average molecular weight is 403 g/mol. The van der Waals surface area contributed by atoms with Crippen molar-refractivity contribution in [1.29, 1.82) is 0 Å². The quantitative estimate of drug-likeness (QED) is 0.142. The maximum Gasteiger partial charge on any atom is 0.170 e. The molecule has 0 aliphatic rings. The Balaban J connectivity index is 2.20. The van der Waals surface area contributed by atoms with E-state index in [9.17, 15) is 25.2 Å². The number of hydrogen-bond acceptors (Lipinski definition) is 5. The number of Topliss-reactive ketones (excluding diaryl/α,β-unsaturated/α-hetero) is 1. The largest absolute Gasteiger partial charge is 0.508 e. The Morgan fingerprint density at radius 3 is 2.28 bits per heavy atom. The second-order valence-corrected chi connectivity index (χ2v) is 7.11. The second-order valence-electron chi connectivity index (χ2n) is 7.11. The number of unbranched alkanes of at least 4 members (excludes halogenated alkanes) is 5. The van der Waals surface area contributed by atoms with Gasteiger partial charge in [0.25, 0.3) is 0 Å². The Morgan fingerprint density at radius 2 is 1.59 bits per heavy atom. The van der Waals surface area contributed by atoms with Gasteiger partial charge in [-0.2, -0.15) is 0 Å². The minimum Gasteiger partial charge on any atom is -0.508 e.